The summed E-state index contributed by atoms with van der Waals surface area (Å²) in [6.07, 6.45) is 1.10. The number of carbonyl (C=O) groups excluding carboxylic acids is 1. The van der Waals surface area contributed by atoms with Crippen LogP contribution in [0.15, 0.2) is 22.5 Å². The number of hydrogen-bond donors (Lipinski definition) is 2. The number of amides is 1. The fourth-order valence-corrected chi connectivity index (χ4v) is 3.82. The molecule has 1 aliphatic rings. The summed E-state index contributed by atoms with van der Waals surface area (Å²) in [6.45, 7) is 10.2. The highest BCUT2D eigenvalue weighted by molar-refractivity contribution is 7.09. The number of thiophene rings is 1. The third-order valence-electron chi connectivity index (χ3n) is 4.51. The Morgan fingerprint density at radius 1 is 1.32 bits per heavy atom. The van der Waals surface area contributed by atoms with Gasteiger partial charge < -0.3 is 15.5 Å². The van der Waals surface area contributed by atoms with Gasteiger partial charge in [-0.3, -0.25) is 14.7 Å². The van der Waals surface area contributed by atoms with Gasteiger partial charge in [-0.15, -0.1) is 11.3 Å². The van der Waals surface area contributed by atoms with Gasteiger partial charge in [0.05, 0.1) is 0 Å². The zero-order valence-electron chi connectivity index (χ0n) is 15.6. The molecule has 0 aromatic carbocycles. The topological polar surface area (TPSA) is 60.0 Å². The molecule has 2 N–H and O–H groups in total. The molecule has 1 aromatic heterocycles. The lowest BCUT2D eigenvalue weighted by molar-refractivity contribution is -0.130. The van der Waals surface area contributed by atoms with Crippen LogP contribution < -0.4 is 10.6 Å². The predicted molar refractivity (Wildman–Crippen MR) is 105 cm³/mol. The second-order valence-electron chi connectivity index (χ2n) is 6.62. The Hall–Kier alpha value is -1.60. The van der Waals surface area contributed by atoms with Crippen LogP contribution in [0, 0.1) is 5.92 Å². The zero-order valence-corrected chi connectivity index (χ0v) is 16.4. The van der Waals surface area contributed by atoms with E-state index in [2.05, 4.69) is 45.0 Å². The number of hydrogen-bond acceptors (Lipinski definition) is 4. The number of aliphatic imine (C=N–C) groups is 1. The minimum Gasteiger partial charge on any atom is -0.356 e. The van der Waals surface area contributed by atoms with Gasteiger partial charge in [-0.05, 0) is 23.8 Å². The summed E-state index contributed by atoms with van der Waals surface area (Å²) in [5.74, 6) is 1.61. The molecule has 1 atom stereocenters. The molecule has 140 valence electrons. The molecule has 1 unspecified atom stereocenters. The van der Waals surface area contributed by atoms with Gasteiger partial charge in [0.25, 0.3) is 0 Å². The van der Waals surface area contributed by atoms with Crippen LogP contribution in [0.25, 0.3) is 0 Å². The highest BCUT2D eigenvalue weighted by Crippen LogP contribution is 2.13. The van der Waals surface area contributed by atoms with Gasteiger partial charge in [-0.2, -0.15) is 0 Å². The molecule has 1 aliphatic heterocycles. The van der Waals surface area contributed by atoms with Gasteiger partial charge in [-0.25, -0.2) is 0 Å². The van der Waals surface area contributed by atoms with Gasteiger partial charge >= 0.3 is 0 Å². The minimum absolute atomic E-state index is 0.180. The lowest BCUT2D eigenvalue weighted by Crippen LogP contribution is -2.50. The molecule has 2 rings (SSSR count). The Balaban J connectivity index is 1.60. The van der Waals surface area contributed by atoms with Crippen LogP contribution in [-0.2, 0) is 11.2 Å². The Labute approximate surface area is 155 Å². The maximum absolute atomic E-state index is 11.3. The summed E-state index contributed by atoms with van der Waals surface area (Å²) in [4.78, 5) is 21.4. The first-order valence-corrected chi connectivity index (χ1v) is 9.91. The molecule has 1 aromatic rings. The van der Waals surface area contributed by atoms with E-state index in [9.17, 15) is 4.79 Å². The lowest BCUT2D eigenvalue weighted by atomic mass is 10.1. The first kappa shape index (κ1) is 19.7. The van der Waals surface area contributed by atoms with Crippen LogP contribution in [0.5, 0.6) is 0 Å². The van der Waals surface area contributed by atoms with Gasteiger partial charge in [-0.1, -0.05) is 13.0 Å². The van der Waals surface area contributed by atoms with E-state index in [1.54, 1.807) is 6.92 Å². The summed E-state index contributed by atoms with van der Waals surface area (Å²) >= 11 is 1.82. The first-order valence-electron chi connectivity index (χ1n) is 9.03. The van der Waals surface area contributed by atoms with E-state index < -0.39 is 0 Å². The van der Waals surface area contributed by atoms with E-state index >= 15 is 0 Å². The van der Waals surface area contributed by atoms with Crippen molar-refractivity contribution in [1.82, 2.24) is 20.4 Å². The number of rotatable bonds is 7. The van der Waals surface area contributed by atoms with Crippen molar-refractivity contribution < 1.29 is 4.79 Å². The lowest BCUT2D eigenvalue weighted by Gasteiger charge is -2.34. The van der Waals surface area contributed by atoms with Crippen molar-refractivity contribution >= 4 is 23.2 Å². The minimum atomic E-state index is 0.180. The van der Waals surface area contributed by atoms with Crippen molar-refractivity contribution in [1.29, 1.82) is 0 Å². The molecule has 0 bridgehead atoms. The first-order chi connectivity index (χ1) is 12.1. The van der Waals surface area contributed by atoms with Crippen LogP contribution in [0.2, 0.25) is 0 Å². The number of nitrogens with zero attached hydrogens (tertiary/aromatic N) is 3. The SMILES string of the molecule is CN=C(NCCN1CCN(C(C)=O)CC1)NCC(C)Cc1cccs1. The smallest absolute Gasteiger partial charge is 0.219 e. The van der Waals surface area contributed by atoms with Crippen molar-refractivity contribution in [3.05, 3.63) is 22.4 Å². The second-order valence-corrected chi connectivity index (χ2v) is 7.65. The molecule has 1 amide bonds. The van der Waals surface area contributed by atoms with Crippen LogP contribution in [0.1, 0.15) is 18.7 Å². The van der Waals surface area contributed by atoms with E-state index in [1.165, 1.54) is 4.88 Å². The van der Waals surface area contributed by atoms with Gasteiger partial charge in [0.2, 0.25) is 5.91 Å². The second kappa shape index (κ2) is 10.4. The fraction of sp³-hybridized carbons (Fsp3) is 0.667. The van der Waals surface area contributed by atoms with Gasteiger partial charge in [0, 0.05) is 64.7 Å². The predicted octanol–water partition coefficient (Wildman–Crippen LogP) is 1.26. The van der Waals surface area contributed by atoms with Gasteiger partial charge in [0.1, 0.15) is 0 Å². The molecule has 25 heavy (non-hydrogen) atoms. The third kappa shape index (κ3) is 7.04. The summed E-state index contributed by atoms with van der Waals surface area (Å²) in [5, 5.41) is 8.93. The molecule has 1 saturated heterocycles. The molecule has 0 radical (unpaired) electrons. The van der Waals surface area contributed by atoms with Crippen molar-refractivity contribution in [2.24, 2.45) is 10.9 Å². The quantitative estimate of drug-likeness (QED) is 0.564. The third-order valence-corrected chi connectivity index (χ3v) is 5.41. The summed E-state index contributed by atoms with van der Waals surface area (Å²) in [7, 11) is 1.81. The number of carbonyl (C=O) groups is 1. The molecule has 2 heterocycles. The molecular formula is C18H31N5OS. The fourth-order valence-electron chi connectivity index (χ4n) is 2.95. The van der Waals surface area contributed by atoms with Gasteiger partial charge in [0.15, 0.2) is 5.96 Å². The highest BCUT2D eigenvalue weighted by atomic mass is 32.1. The summed E-state index contributed by atoms with van der Waals surface area (Å²) < 4.78 is 0. The van der Waals surface area contributed by atoms with E-state index in [0.29, 0.717) is 5.92 Å². The van der Waals surface area contributed by atoms with Crippen molar-refractivity contribution in [3.8, 4) is 0 Å². The van der Waals surface area contributed by atoms with E-state index in [-0.39, 0.29) is 5.91 Å². The van der Waals surface area contributed by atoms with E-state index in [0.717, 1.165) is 58.2 Å². The molecule has 0 spiro atoms. The maximum Gasteiger partial charge on any atom is 0.219 e. The van der Waals surface area contributed by atoms with Crippen LogP contribution in [0.3, 0.4) is 0 Å². The molecule has 0 saturated carbocycles. The Morgan fingerprint density at radius 3 is 2.68 bits per heavy atom. The normalized spacial score (nSPS) is 17.4. The zero-order chi connectivity index (χ0) is 18.1. The average Bonchev–Trinajstić information content (AvgIpc) is 3.11. The largest absolute Gasteiger partial charge is 0.356 e. The summed E-state index contributed by atoms with van der Waals surface area (Å²) in [6, 6.07) is 4.30. The average molecular weight is 366 g/mol. The van der Waals surface area contributed by atoms with Crippen LogP contribution in [-0.4, -0.2) is 74.5 Å². The van der Waals surface area contributed by atoms with Crippen molar-refractivity contribution in [2.45, 2.75) is 20.3 Å². The Kier molecular flexibility index (Phi) is 8.21. The molecular weight excluding hydrogens is 334 g/mol. The Bertz CT molecular complexity index is 538. The summed E-state index contributed by atoms with van der Waals surface area (Å²) in [5.41, 5.74) is 0. The van der Waals surface area contributed by atoms with Crippen LogP contribution in [0.4, 0.5) is 0 Å². The van der Waals surface area contributed by atoms with Crippen molar-refractivity contribution in [3.63, 3.8) is 0 Å². The van der Waals surface area contributed by atoms with Crippen molar-refractivity contribution in [2.75, 3.05) is 52.9 Å². The van der Waals surface area contributed by atoms with Crippen LogP contribution >= 0.6 is 11.3 Å². The highest BCUT2D eigenvalue weighted by Gasteiger charge is 2.17. The standard InChI is InChI=1S/C18H31N5OS/c1-15(13-17-5-4-12-25-17)14-21-18(19-3)20-6-7-22-8-10-23(11-9-22)16(2)24/h4-5,12,15H,6-11,13-14H2,1-3H3,(H2,19,20,21). The molecule has 1 fully saturated rings. The van der Waals surface area contributed by atoms with E-state index in [1.807, 2.05) is 23.3 Å². The number of piperazine rings is 1. The molecule has 7 heteroatoms. The number of guanidine groups is 1. The maximum atomic E-state index is 11.3. The molecule has 6 nitrogen and oxygen atoms in total. The van der Waals surface area contributed by atoms with E-state index in [4.69, 9.17) is 0 Å². The Morgan fingerprint density at radius 2 is 2.08 bits per heavy atom. The molecule has 0 aliphatic carbocycles. The monoisotopic (exact) mass is 365 g/mol. The number of nitrogens with one attached hydrogen (secondary N) is 2.